The Balaban J connectivity index is 1.80. The van der Waals surface area contributed by atoms with E-state index in [1.807, 2.05) is 44.2 Å². The summed E-state index contributed by atoms with van der Waals surface area (Å²) in [5.74, 6) is -1.53. The third-order valence-corrected chi connectivity index (χ3v) is 6.34. The molecule has 1 heterocycles. The van der Waals surface area contributed by atoms with Gasteiger partial charge in [0.2, 0.25) is 5.91 Å². The van der Waals surface area contributed by atoms with Crippen molar-refractivity contribution in [1.29, 1.82) is 0 Å². The van der Waals surface area contributed by atoms with Gasteiger partial charge in [-0.2, -0.15) is 0 Å². The molecule has 0 aliphatic rings. The molecule has 0 saturated carbocycles. The van der Waals surface area contributed by atoms with Gasteiger partial charge in [-0.25, -0.2) is 0 Å². The molecule has 1 aromatic heterocycles. The molecule has 3 amide bonds. The molecule has 208 valence electrons. The van der Waals surface area contributed by atoms with Crippen molar-refractivity contribution in [3.8, 4) is 0 Å². The van der Waals surface area contributed by atoms with Crippen LogP contribution in [0.25, 0.3) is 0 Å². The summed E-state index contributed by atoms with van der Waals surface area (Å²) in [6.45, 7) is 5.87. The number of nitrogens with zero attached hydrogens (tertiary/aromatic N) is 1. The lowest BCUT2D eigenvalue weighted by Gasteiger charge is -2.25. The van der Waals surface area contributed by atoms with Gasteiger partial charge in [0.15, 0.2) is 0 Å². The number of furan rings is 1. The minimum atomic E-state index is -0.933. The summed E-state index contributed by atoms with van der Waals surface area (Å²) < 4.78 is 5.17. The molecule has 0 radical (unpaired) electrons. The number of hydrogen-bond donors (Lipinski definition) is 4. The van der Waals surface area contributed by atoms with Crippen molar-refractivity contribution in [2.75, 3.05) is 19.6 Å². The van der Waals surface area contributed by atoms with Gasteiger partial charge in [-0.15, -0.1) is 0 Å². The smallest absolute Gasteiger partial charge is 0.253 e. The van der Waals surface area contributed by atoms with E-state index < -0.39 is 24.0 Å². The van der Waals surface area contributed by atoms with Gasteiger partial charge in [-0.1, -0.05) is 44.2 Å². The molecule has 0 fully saturated rings. The van der Waals surface area contributed by atoms with E-state index in [2.05, 4.69) is 10.6 Å². The van der Waals surface area contributed by atoms with Crippen LogP contribution in [0, 0.1) is 0 Å². The summed E-state index contributed by atoms with van der Waals surface area (Å²) in [6, 6.07) is 15.1. The van der Waals surface area contributed by atoms with Gasteiger partial charge in [0, 0.05) is 42.9 Å². The first-order chi connectivity index (χ1) is 18.8. The predicted octanol–water partition coefficient (Wildman–Crippen LogP) is 3.13. The number of rotatable bonds is 15. The van der Waals surface area contributed by atoms with E-state index in [1.165, 1.54) is 24.5 Å². The molecule has 0 aliphatic heterocycles. The highest BCUT2D eigenvalue weighted by Crippen LogP contribution is 2.15. The van der Waals surface area contributed by atoms with E-state index in [0.29, 0.717) is 26.1 Å². The molecule has 2 atom stereocenters. The quantitative estimate of drug-likeness (QED) is 0.236. The van der Waals surface area contributed by atoms with Crippen LogP contribution in [0.3, 0.4) is 0 Å². The van der Waals surface area contributed by atoms with Crippen LogP contribution < -0.4 is 16.4 Å². The highest BCUT2D eigenvalue weighted by atomic mass is 16.3. The number of aliphatic hydroxyl groups excluding tert-OH is 1. The minimum Gasteiger partial charge on any atom is -0.472 e. The van der Waals surface area contributed by atoms with Gasteiger partial charge in [0.05, 0.1) is 24.7 Å². The van der Waals surface area contributed by atoms with E-state index >= 15 is 0 Å². The zero-order chi connectivity index (χ0) is 28.2. The number of amides is 3. The Hall–Kier alpha value is -3.95. The summed E-state index contributed by atoms with van der Waals surface area (Å²) in [4.78, 5) is 40.4. The normalized spacial score (nSPS) is 12.5. The van der Waals surface area contributed by atoms with E-state index in [9.17, 15) is 19.5 Å². The molecule has 0 aliphatic carbocycles. The van der Waals surface area contributed by atoms with E-state index in [1.54, 1.807) is 17.2 Å². The van der Waals surface area contributed by atoms with E-state index in [-0.39, 0.29) is 29.1 Å². The Morgan fingerprint density at radius 2 is 1.62 bits per heavy atom. The predicted molar refractivity (Wildman–Crippen MR) is 149 cm³/mol. The summed E-state index contributed by atoms with van der Waals surface area (Å²) >= 11 is 0. The van der Waals surface area contributed by atoms with Crippen molar-refractivity contribution in [2.45, 2.75) is 51.8 Å². The highest BCUT2D eigenvalue weighted by molar-refractivity contribution is 6.04. The second-order valence-electron chi connectivity index (χ2n) is 9.56. The highest BCUT2D eigenvalue weighted by Gasteiger charge is 2.25. The lowest BCUT2D eigenvalue weighted by molar-refractivity contribution is 0.0755. The fraction of sp³-hybridized carbons (Fsp3) is 0.367. The monoisotopic (exact) mass is 534 g/mol. The molecule has 3 rings (SSSR count). The van der Waals surface area contributed by atoms with Crippen LogP contribution in [0.2, 0.25) is 0 Å². The molecule has 9 heteroatoms. The average Bonchev–Trinajstić information content (AvgIpc) is 3.45. The Labute approximate surface area is 229 Å². The molecular formula is C30H38N4O5. The fourth-order valence-electron chi connectivity index (χ4n) is 4.36. The van der Waals surface area contributed by atoms with Crippen LogP contribution >= 0.6 is 0 Å². The zero-order valence-corrected chi connectivity index (χ0v) is 22.6. The Kier molecular flexibility index (Phi) is 11.3. The molecule has 0 spiro atoms. The van der Waals surface area contributed by atoms with Gasteiger partial charge < -0.3 is 30.8 Å². The van der Waals surface area contributed by atoms with Gasteiger partial charge in [0.1, 0.15) is 0 Å². The van der Waals surface area contributed by atoms with Crippen molar-refractivity contribution in [3.63, 3.8) is 0 Å². The largest absolute Gasteiger partial charge is 0.472 e. The number of carbonyl (C=O) groups is 3. The number of carbonyl (C=O) groups excluding carboxylic acids is 3. The summed E-state index contributed by atoms with van der Waals surface area (Å²) in [6.07, 6.45) is 4.03. The maximum absolute atomic E-state index is 13.4. The topological polar surface area (TPSA) is 138 Å². The van der Waals surface area contributed by atoms with Gasteiger partial charge >= 0.3 is 0 Å². The summed E-state index contributed by atoms with van der Waals surface area (Å²) in [7, 11) is 0. The number of hydrogen-bond acceptors (Lipinski definition) is 6. The molecular weight excluding hydrogens is 496 g/mol. The Bertz CT molecular complexity index is 1210. The first kappa shape index (κ1) is 29.6. The maximum atomic E-state index is 13.4. The van der Waals surface area contributed by atoms with Gasteiger partial charge in [0.25, 0.3) is 11.8 Å². The molecule has 39 heavy (non-hydrogen) atoms. The minimum absolute atomic E-state index is 0.0652. The average molecular weight is 535 g/mol. The zero-order valence-electron chi connectivity index (χ0n) is 22.6. The van der Waals surface area contributed by atoms with Crippen LogP contribution in [0.1, 0.15) is 68.9 Å². The Morgan fingerprint density at radius 3 is 2.23 bits per heavy atom. The van der Waals surface area contributed by atoms with Crippen molar-refractivity contribution >= 4 is 17.7 Å². The van der Waals surface area contributed by atoms with Crippen molar-refractivity contribution in [2.24, 2.45) is 5.73 Å². The molecule has 0 bridgehead atoms. The number of nitrogens with two attached hydrogens (primary N) is 1. The molecule has 0 unspecified atom stereocenters. The maximum Gasteiger partial charge on any atom is 0.253 e. The number of aliphatic hydroxyl groups is 1. The first-order valence-electron chi connectivity index (χ1n) is 13.3. The number of primary amides is 1. The van der Waals surface area contributed by atoms with E-state index in [4.69, 9.17) is 10.2 Å². The standard InChI is InChI=1S/C30H38N4O5/c1-3-11-34(12-4-2)30(38)25-16-23(28(31)36)15-24(17-25)29(37)33-26(14-22-10-13-39-20-22)27(35)19-32-18-21-8-6-5-7-9-21/h5-10,13,15-17,20,26-27,32,35H,3-4,11-12,14,18-19H2,1-2H3,(H2,31,36)(H,33,37)/t26-,27+/m0/s1. The van der Waals surface area contributed by atoms with Crippen LogP contribution in [-0.2, 0) is 13.0 Å². The second-order valence-corrected chi connectivity index (χ2v) is 9.56. The lowest BCUT2D eigenvalue weighted by atomic mass is 10.0. The Morgan fingerprint density at radius 1 is 0.949 bits per heavy atom. The third kappa shape index (κ3) is 8.80. The number of benzene rings is 2. The third-order valence-electron chi connectivity index (χ3n) is 6.34. The van der Waals surface area contributed by atoms with Crippen LogP contribution in [0.15, 0.2) is 71.5 Å². The molecule has 9 nitrogen and oxygen atoms in total. The summed E-state index contributed by atoms with van der Waals surface area (Å²) in [5.41, 5.74) is 7.81. The first-order valence-corrected chi connectivity index (χ1v) is 13.3. The van der Waals surface area contributed by atoms with Crippen molar-refractivity contribution in [1.82, 2.24) is 15.5 Å². The lowest BCUT2D eigenvalue weighted by Crippen LogP contribution is -2.48. The van der Waals surface area contributed by atoms with Crippen molar-refractivity contribution in [3.05, 3.63) is 94.9 Å². The summed E-state index contributed by atoms with van der Waals surface area (Å²) in [5, 5.41) is 17.1. The number of nitrogens with one attached hydrogen (secondary N) is 2. The second kappa shape index (κ2) is 14.8. The van der Waals surface area contributed by atoms with E-state index in [0.717, 1.165) is 24.0 Å². The molecule has 0 saturated heterocycles. The fourth-order valence-corrected chi connectivity index (χ4v) is 4.36. The molecule has 5 N–H and O–H groups in total. The molecule has 3 aromatic rings. The van der Waals surface area contributed by atoms with Gasteiger partial charge in [-0.3, -0.25) is 14.4 Å². The van der Waals surface area contributed by atoms with Gasteiger partial charge in [-0.05, 0) is 54.7 Å². The van der Waals surface area contributed by atoms with Crippen molar-refractivity contribution < 1.29 is 23.9 Å². The van der Waals surface area contributed by atoms with Crippen LogP contribution in [0.5, 0.6) is 0 Å². The molecule has 2 aromatic carbocycles. The SMILES string of the molecule is CCCN(CCC)C(=O)c1cc(C(N)=O)cc(C(=O)N[C@@H](Cc2ccoc2)[C@H](O)CNCc2ccccc2)c1. The van der Waals surface area contributed by atoms with Crippen LogP contribution in [-0.4, -0.2) is 59.5 Å². The van der Waals surface area contributed by atoms with Crippen LogP contribution in [0.4, 0.5) is 0 Å².